The maximum atomic E-state index is 13.1. The number of carbonyl (C=O) groups excluding carboxylic acids is 1. The topological polar surface area (TPSA) is 131 Å². The van der Waals surface area contributed by atoms with Crippen LogP contribution in [0.5, 0.6) is 40.2 Å². The summed E-state index contributed by atoms with van der Waals surface area (Å²) >= 11 is 12.3. The van der Waals surface area contributed by atoms with E-state index < -0.39 is 11.9 Å². The van der Waals surface area contributed by atoms with Gasteiger partial charge in [-0.1, -0.05) is 41.4 Å². The molecule has 12 heteroatoms. The van der Waals surface area contributed by atoms with Crippen LogP contribution in [0.15, 0.2) is 78.2 Å². The predicted molar refractivity (Wildman–Crippen MR) is 175 cm³/mol. The summed E-state index contributed by atoms with van der Waals surface area (Å²) in [6, 6.07) is 20.6. The molecule has 5 rings (SSSR count). The molecular weight excluding hydrogens is 647 g/mol. The Labute approximate surface area is 281 Å². The van der Waals surface area contributed by atoms with Crippen LogP contribution >= 0.6 is 23.2 Å². The molecular formula is C35H30Cl2N2O8. The first kappa shape index (κ1) is 33.1. The van der Waals surface area contributed by atoms with Gasteiger partial charge in [0.15, 0.2) is 23.0 Å². The van der Waals surface area contributed by atoms with E-state index in [4.69, 9.17) is 62.1 Å². The average Bonchev–Trinajstić information content (AvgIpc) is 3.07. The fourth-order valence-electron chi connectivity index (χ4n) is 5.09. The molecule has 1 aliphatic heterocycles. The molecule has 47 heavy (non-hydrogen) atoms. The predicted octanol–water partition coefficient (Wildman–Crippen LogP) is 7.43. The summed E-state index contributed by atoms with van der Waals surface area (Å²) in [7, 11) is 4.37. The summed E-state index contributed by atoms with van der Waals surface area (Å²) < 4.78 is 39.5. The van der Waals surface area contributed by atoms with Gasteiger partial charge < -0.3 is 38.9 Å². The number of rotatable bonds is 11. The number of nitrogens with two attached hydrogens (primary N) is 1. The minimum absolute atomic E-state index is 0.0752. The Hall–Kier alpha value is -5.24. The largest absolute Gasteiger partial charge is 0.493 e. The Bertz CT molecular complexity index is 1880. The van der Waals surface area contributed by atoms with Crippen LogP contribution in [0.4, 0.5) is 0 Å². The number of halogens is 2. The van der Waals surface area contributed by atoms with Crippen molar-refractivity contribution >= 4 is 29.2 Å². The molecule has 0 bridgehead atoms. The fraction of sp³-hybridized carbons (Fsp3) is 0.200. The van der Waals surface area contributed by atoms with Crippen molar-refractivity contribution < 1.29 is 38.0 Å². The highest BCUT2D eigenvalue weighted by molar-refractivity contribution is 6.35. The normalized spacial score (nSPS) is 13.5. The van der Waals surface area contributed by atoms with Crippen LogP contribution in [0.25, 0.3) is 0 Å². The van der Waals surface area contributed by atoms with Crippen molar-refractivity contribution in [2.75, 3.05) is 27.9 Å². The van der Waals surface area contributed by atoms with Crippen molar-refractivity contribution in [2.24, 2.45) is 5.73 Å². The smallest absolute Gasteiger partial charge is 0.343 e. The molecule has 1 atom stereocenters. The van der Waals surface area contributed by atoms with Crippen molar-refractivity contribution in [3.63, 3.8) is 0 Å². The monoisotopic (exact) mass is 676 g/mol. The van der Waals surface area contributed by atoms with Crippen molar-refractivity contribution in [2.45, 2.75) is 19.4 Å². The first-order valence-electron chi connectivity index (χ1n) is 14.3. The van der Waals surface area contributed by atoms with Gasteiger partial charge in [0.2, 0.25) is 11.6 Å². The van der Waals surface area contributed by atoms with Gasteiger partial charge in [0.05, 0.1) is 39.4 Å². The Morgan fingerprint density at radius 1 is 0.894 bits per heavy atom. The number of methoxy groups -OCH3 is 3. The van der Waals surface area contributed by atoms with Gasteiger partial charge in [0.1, 0.15) is 29.7 Å². The van der Waals surface area contributed by atoms with Gasteiger partial charge in [-0.2, -0.15) is 5.26 Å². The number of allylic oxidation sites excluding steroid dienone is 1. The highest BCUT2D eigenvalue weighted by atomic mass is 35.5. The fourth-order valence-corrected chi connectivity index (χ4v) is 5.56. The molecule has 0 radical (unpaired) electrons. The zero-order valence-electron chi connectivity index (χ0n) is 25.9. The van der Waals surface area contributed by atoms with Crippen LogP contribution in [0.2, 0.25) is 10.0 Å². The highest BCUT2D eigenvalue weighted by Crippen LogP contribution is 2.45. The zero-order valence-corrected chi connectivity index (χ0v) is 27.4. The van der Waals surface area contributed by atoms with Gasteiger partial charge in [-0.15, -0.1) is 0 Å². The number of hydrogen-bond donors (Lipinski definition) is 1. The molecule has 4 aromatic carbocycles. The summed E-state index contributed by atoms with van der Waals surface area (Å²) in [6.07, 6.45) is 0. The number of nitrogens with zero attached hydrogens (tertiary/aromatic N) is 1. The summed E-state index contributed by atoms with van der Waals surface area (Å²) in [5.74, 6) is 1.04. The minimum atomic E-state index is -0.672. The van der Waals surface area contributed by atoms with Gasteiger partial charge in [0, 0.05) is 27.2 Å². The summed E-state index contributed by atoms with van der Waals surface area (Å²) in [5, 5.41) is 11.1. The molecule has 0 aromatic heterocycles. The van der Waals surface area contributed by atoms with Gasteiger partial charge in [-0.3, -0.25) is 0 Å². The summed E-state index contributed by atoms with van der Waals surface area (Å²) in [5.41, 5.74) is 8.71. The molecule has 0 amide bonds. The average molecular weight is 678 g/mol. The Morgan fingerprint density at radius 2 is 1.64 bits per heavy atom. The molecule has 2 N–H and O–H groups in total. The molecule has 1 unspecified atom stereocenters. The van der Waals surface area contributed by atoms with E-state index in [1.165, 1.54) is 39.5 Å². The number of esters is 1. The standard InChI is InChI=1S/C35H30Cl2N2O8/c1-5-44-29-12-19(7-11-27(29)45-18-20-6-8-22(36)15-26(20)37)32-24-10-9-23(16-28(24)47-34(39)25(32)17-38)46-35(40)21-13-30(41-2)33(43-4)31(14-21)42-3/h6-16,32H,5,18,39H2,1-4H3. The summed E-state index contributed by atoms with van der Waals surface area (Å²) in [4.78, 5) is 13.1. The van der Waals surface area contributed by atoms with Crippen molar-refractivity contribution in [3.8, 4) is 46.3 Å². The number of ether oxygens (including phenoxy) is 7. The van der Waals surface area contributed by atoms with E-state index in [1.807, 2.05) is 13.0 Å². The first-order valence-corrected chi connectivity index (χ1v) is 15.0. The van der Waals surface area contributed by atoms with Crippen molar-refractivity contribution in [3.05, 3.63) is 110 Å². The third-order valence-corrected chi connectivity index (χ3v) is 7.89. The van der Waals surface area contributed by atoms with Crippen LogP contribution in [-0.2, 0) is 6.61 Å². The number of nitriles is 1. The molecule has 1 aliphatic rings. The van der Waals surface area contributed by atoms with E-state index >= 15 is 0 Å². The van der Waals surface area contributed by atoms with Crippen molar-refractivity contribution in [1.82, 2.24) is 0 Å². The third-order valence-electron chi connectivity index (χ3n) is 7.30. The second-order valence-electron chi connectivity index (χ2n) is 10.1. The molecule has 0 fully saturated rings. The molecule has 0 saturated carbocycles. The number of carbonyl (C=O) groups is 1. The minimum Gasteiger partial charge on any atom is -0.493 e. The quantitative estimate of drug-likeness (QED) is 0.126. The van der Waals surface area contributed by atoms with Crippen LogP contribution in [0.1, 0.15) is 39.9 Å². The third kappa shape index (κ3) is 6.97. The van der Waals surface area contributed by atoms with Crippen LogP contribution < -0.4 is 38.9 Å². The zero-order chi connectivity index (χ0) is 33.7. The number of hydrogen-bond acceptors (Lipinski definition) is 10. The number of benzene rings is 4. The highest BCUT2D eigenvalue weighted by Gasteiger charge is 2.32. The first-order chi connectivity index (χ1) is 22.7. The van der Waals surface area contributed by atoms with Crippen molar-refractivity contribution in [1.29, 1.82) is 5.26 Å². The van der Waals surface area contributed by atoms with E-state index in [0.717, 1.165) is 5.56 Å². The number of fused-ring (bicyclic) bond motifs is 1. The van der Waals surface area contributed by atoms with Gasteiger partial charge >= 0.3 is 5.97 Å². The van der Waals surface area contributed by atoms with Gasteiger partial charge in [0.25, 0.3) is 0 Å². The Morgan fingerprint density at radius 3 is 2.28 bits per heavy atom. The lowest BCUT2D eigenvalue weighted by Gasteiger charge is -2.27. The molecule has 10 nitrogen and oxygen atoms in total. The van der Waals surface area contributed by atoms with Crippen LogP contribution in [0.3, 0.4) is 0 Å². The molecule has 1 heterocycles. The van der Waals surface area contributed by atoms with Crippen LogP contribution in [0, 0.1) is 11.3 Å². The van der Waals surface area contributed by atoms with E-state index in [2.05, 4.69) is 6.07 Å². The lowest BCUT2D eigenvalue weighted by atomic mass is 9.83. The van der Waals surface area contributed by atoms with E-state index in [9.17, 15) is 10.1 Å². The lowest BCUT2D eigenvalue weighted by Crippen LogP contribution is -2.21. The molecule has 242 valence electrons. The van der Waals surface area contributed by atoms with E-state index in [1.54, 1.807) is 42.5 Å². The molecule has 0 saturated heterocycles. The molecule has 4 aromatic rings. The SMILES string of the molecule is CCOc1cc(C2C(C#N)=C(N)Oc3cc(OC(=O)c4cc(OC)c(OC)c(OC)c4)ccc32)ccc1OCc1ccc(Cl)cc1Cl. The van der Waals surface area contributed by atoms with Gasteiger partial charge in [-0.05, 0) is 55.0 Å². The van der Waals surface area contributed by atoms with Crippen LogP contribution in [-0.4, -0.2) is 33.9 Å². The maximum Gasteiger partial charge on any atom is 0.343 e. The molecule has 0 spiro atoms. The van der Waals surface area contributed by atoms with Gasteiger partial charge in [-0.25, -0.2) is 4.79 Å². The van der Waals surface area contributed by atoms with E-state index in [0.29, 0.717) is 62.3 Å². The molecule has 0 aliphatic carbocycles. The van der Waals surface area contributed by atoms with E-state index in [-0.39, 0.29) is 29.4 Å². The Balaban J connectivity index is 1.44. The lowest BCUT2D eigenvalue weighted by molar-refractivity contribution is 0.0733. The summed E-state index contributed by atoms with van der Waals surface area (Å²) in [6.45, 7) is 2.41. The second kappa shape index (κ2) is 14.5. The Kier molecular flexibility index (Phi) is 10.2. The second-order valence-corrected chi connectivity index (χ2v) is 10.9. The maximum absolute atomic E-state index is 13.1.